The van der Waals surface area contributed by atoms with Crippen LogP contribution in [0.3, 0.4) is 0 Å². The molecule has 1 atom stereocenters. The molecule has 7 heteroatoms. The number of anilines is 2. The summed E-state index contributed by atoms with van der Waals surface area (Å²) < 4.78 is 0. The second-order valence-electron chi connectivity index (χ2n) is 4.79. The molecule has 1 heterocycles. The molecule has 0 fully saturated rings. The van der Waals surface area contributed by atoms with E-state index in [1.165, 1.54) is 11.3 Å². The van der Waals surface area contributed by atoms with Crippen LogP contribution in [0.15, 0.2) is 29.1 Å². The zero-order chi connectivity index (χ0) is 15.4. The molecule has 0 radical (unpaired) electrons. The smallest absolute Gasteiger partial charge is 0.241 e. The van der Waals surface area contributed by atoms with Crippen LogP contribution >= 0.6 is 22.9 Å². The van der Waals surface area contributed by atoms with Gasteiger partial charge in [0.15, 0.2) is 0 Å². The summed E-state index contributed by atoms with van der Waals surface area (Å²) in [6, 6.07) is 4.68. The van der Waals surface area contributed by atoms with Crippen LogP contribution in [0.4, 0.5) is 11.4 Å². The Morgan fingerprint density at radius 3 is 3.00 bits per heavy atom. The molecule has 5 nitrogen and oxygen atoms in total. The van der Waals surface area contributed by atoms with Crippen molar-refractivity contribution in [3.05, 3.63) is 39.8 Å². The summed E-state index contributed by atoms with van der Waals surface area (Å²) in [6.07, 6.45) is 0. The quantitative estimate of drug-likeness (QED) is 0.830. The van der Waals surface area contributed by atoms with E-state index in [-0.39, 0.29) is 11.9 Å². The highest BCUT2D eigenvalue weighted by Crippen LogP contribution is 2.23. The van der Waals surface area contributed by atoms with Gasteiger partial charge in [0, 0.05) is 16.9 Å². The summed E-state index contributed by atoms with van der Waals surface area (Å²) in [5.41, 5.74) is 9.57. The van der Waals surface area contributed by atoms with Crippen LogP contribution in [0.2, 0.25) is 5.02 Å². The molecular formula is C14H17ClN4OS. The maximum Gasteiger partial charge on any atom is 0.241 e. The van der Waals surface area contributed by atoms with E-state index in [4.69, 9.17) is 17.3 Å². The Bertz CT molecular complexity index is 617. The first kappa shape index (κ1) is 15.8. The number of nitrogens with zero attached hydrogens (tertiary/aromatic N) is 2. The van der Waals surface area contributed by atoms with Gasteiger partial charge in [-0.3, -0.25) is 9.69 Å². The third-order valence-corrected chi connectivity index (χ3v) is 4.08. The monoisotopic (exact) mass is 324 g/mol. The lowest BCUT2D eigenvalue weighted by Gasteiger charge is -2.23. The van der Waals surface area contributed by atoms with E-state index >= 15 is 0 Å². The SMILES string of the molecule is CC(C(=O)Nc1cc(Cl)ccc1N)N(C)Cc1cscn1. The first-order valence-electron chi connectivity index (χ1n) is 6.40. The number of likely N-dealkylation sites (N-methyl/N-ethyl adjacent to an activating group) is 1. The van der Waals surface area contributed by atoms with E-state index in [1.807, 2.05) is 24.3 Å². The number of nitrogens with one attached hydrogen (secondary N) is 1. The highest BCUT2D eigenvalue weighted by molar-refractivity contribution is 7.07. The molecule has 0 aliphatic heterocycles. The zero-order valence-electron chi connectivity index (χ0n) is 11.8. The van der Waals surface area contributed by atoms with E-state index in [1.54, 1.807) is 23.7 Å². The van der Waals surface area contributed by atoms with Crippen LogP contribution in [0, 0.1) is 0 Å². The second-order valence-corrected chi connectivity index (χ2v) is 5.95. The van der Waals surface area contributed by atoms with Crippen molar-refractivity contribution in [3.63, 3.8) is 0 Å². The highest BCUT2D eigenvalue weighted by Gasteiger charge is 2.19. The molecule has 1 aromatic carbocycles. The normalized spacial score (nSPS) is 12.4. The Kier molecular flexibility index (Phi) is 5.17. The molecule has 0 saturated carbocycles. The van der Waals surface area contributed by atoms with E-state index in [0.717, 1.165) is 5.69 Å². The molecule has 1 amide bonds. The zero-order valence-corrected chi connectivity index (χ0v) is 13.4. The maximum absolute atomic E-state index is 12.3. The number of thiazole rings is 1. The number of carbonyl (C=O) groups excluding carboxylic acids is 1. The summed E-state index contributed by atoms with van der Waals surface area (Å²) in [5.74, 6) is -0.137. The fourth-order valence-electron chi connectivity index (χ4n) is 1.78. The molecule has 0 aliphatic rings. The molecule has 0 bridgehead atoms. The van der Waals surface area contributed by atoms with Crippen molar-refractivity contribution < 1.29 is 4.79 Å². The average molecular weight is 325 g/mol. The Labute approximate surface area is 132 Å². The fourth-order valence-corrected chi connectivity index (χ4v) is 2.50. The molecular weight excluding hydrogens is 308 g/mol. The summed E-state index contributed by atoms with van der Waals surface area (Å²) in [4.78, 5) is 18.4. The van der Waals surface area contributed by atoms with Crippen LogP contribution in [0.5, 0.6) is 0 Å². The third kappa shape index (κ3) is 4.17. The molecule has 21 heavy (non-hydrogen) atoms. The van der Waals surface area contributed by atoms with Crippen molar-refractivity contribution in [1.29, 1.82) is 0 Å². The van der Waals surface area contributed by atoms with Gasteiger partial charge in [0.2, 0.25) is 5.91 Å². The minimum atomic E-state index is -0.315. The van der Waals surface area contributed by atoms with Gasteiger partial charge in [-0.1, -0.05) is 11.6 Å². The van der Waals surface area contributed by atoms with E-state index in [0.29, 0.717) is 22.9 Å². The Balaban J connectivity index is 2.00. The van der Waals surface area contributed by atoms with Crippen LogP contribution in [-0.4, -0.2) is 28.9 Å². The van der Waals surface area contributed by atoms with Crippen molar-refractivity contribution in [2.45, 2.75) is 19.5 Å². The Morgan fingerprint density at radius 2 is 2.33 bits per heavy atom. The minimum Gasteiger partial charge on any atom is -0.397 e. The van der Waals surface area contributed by atoms with Gasteiger partial charge in [-0.05, 0) is 32.2 Å². The fraction of sp³-hybridized carbons (Fsp3) is 0.286. The first-order chi connectivity index (χ1) is 9.97. The van der Waals surface area contributed by atoms with Crippen molar-refractivity contribution in [3.8, 4) is 0 Å². The van der Waals surface area contributed by atoms with Crippen molar-refractivity contribution in [2.24, 2.45) is 0 Å². The summed E-state index contributed by atoms with van der Waals surface area (Å²) in [5, 5.41) is 5.30. The number of hydrogen-bond donors (Lipinski definition) is 2. The molecule has 0 aliphatic carbocycles. The van der Waals surface area contributed by atoms with Gasteiger partial charge in [0.05, 0.1) is 28.6 Å². The molecule has 2 aromatic rings. The number of carbonyl (C=O) groups is 1. The lowest BCUT2D eigenvalue weighted by atomic mass is 10.2. The number of rotatable bonds is 5. The van der Waals surface area contributed by atoms with Gasteiger partial charge < -0.3 is 11.1 Å². The first-order valence-corrected chi connectivity index (χ1v) is 7.72. The molecule has 0 spiro atoms. The Hall–Kier alpha value is -1.63. The number of benzene rings is 1. The minimum absolute atomic E-state index is 0.137. The van der Waals surface area contributed by atoms with Crippen molar-refractivity contribution in [2.75, 3.05) is 18.1 Å². The molecule has 112 valence electrons. The van der Waals surface area contributed by atoms with Crippen LogP contribution in [0.1, 0.15) is 12.6 Å². The maximum atomic E-state index is 12.3. The molecule has 2 rings (SSSR count). The molecule has 1 aromatic heterocycles. The van der Waals surface area contributed by atoms with E-state index in [2.05, 4.69) is 10.3 Å². The summed E-state index contributed by atoms with van der Waals surface area (Å²) in [6.45, 7) is 2.45. The Morgan fingerprint density at radius 1 is 1.57 bits per heavy atom. The van der Waals surface area contributed by atoms with E-state index < -0.39 is 0 Å². The number of halogens is 1. The summed E-state index contributed by atoms with van der Waals surface area (Å²) >= 11 is 7.45. The molecule has 0 saturated heterocycles. The molecule has 1 unspecified atom stereocenters. The number of nitrogen functional groups attached to an aromatic ring is 1. The third-order valence-electron chi connectivity index (χ3n) is 3.21. The van der Waals surface area contributed by atoms with Gasteiger partial charge >= 0.3 is 0 Å². The standard InChI is InChI=1S/C14H17ClN4OS/c1-9(19(2)6-11-7-21-8-17-11)14(20)18-13-5-10(15)3-4-12(13)16/h3-5,7-9H,6,16H2,1-2H3,(H,18,20). The van der Waals surface area contributed by atoms with Crippen LogP contribution in [-0.2, 0) is 11.3 Å². The van der Waals surface area contributed by atoms with Gasteiger partial charge in [-0.2, -0.15) is 0 Å². The van der Waals surface area contributed by atoms with Crippen LogP contribution < -0.4 is 11.1 Å². The molecule has 3 N–H and O–H groups in total. The second kappa shape index (κ2) is 6.89. The highest BCUT2D eigenvalue weighted by atomic mass is 35.5. The number of aromatic nitrogens is 1. The number of hydrogen-bond acceptors (Lipinski definition) is 5. The lowest BCUT2D eigenvalue weighted by Crippen LogP contribution is -2.39. The van der Waals surface area contributed by atoms with Gasteiger partial charge in [0.25, 0.3) is 0 Å². The predicted molar refractivity (Wildman–Crippen MR) is 87.5 cm³/mol. The number of amides is 1. The average Bonchev–Trinajstić information content (AvgIpc) is 2.94. The van der Waals surface area contributed by atoms with Crippen LogP contribution in [0.25, 0.3) is 0 Å². The number of nitrogens with two attached hydrogens (primary N) is 1. The van der Waals surface area contributed by atoms with E-state index in [9.17, 15) is 4.79 Å². The van der Waals surface area contributed by atoms with Crippen molar-refractivity contribution in [1.82, 2.24) is 9.88 Å². The topological polar surface area (TPSA) is 71.2 Å². The summed E-state index contributed by atoms with van der Waals surface area (Å²) in [7, 11) is 1.88. The van der Waals surface area contributed by atoms with Crippen molar-refractivity contribution >= 4 is 40.2 Å². The van der Waals surface area contributed by atoms with Gasteiger partial charge in [-0.25, -0.2) is 4.98 Å². The largest absolute Gasteiger partial charge is 0.397 e. The predicted octanol–water partition coefficient (Wildman–Crippen LogP) is 2.84. The van der Waals surface area contributed by atoms with Gasteiger partial charge in [-0.15, -0.1) is 11.3 Å². The lowest BCUT2D eigenvalue weighted by molar-refractivity contribution is -0.120. The van der Waals surface area contributed by atoms with Gasteiger partial charge in [0.1, 0.15) is 0 Å².